The number of hydrogen-bond acceptors (Lipinski definition) is 6. The molecular formula is C34H58N6O4+2. The van der Waals surface area contributed by atoms with Crippen LogP contribution in [0.25, 0.3) is 0 Å². The lowest BCUT2D eigenvalue weighted by molar-refractivity contribution is -0.921. The van der Waals surface area contributed by atoms with Gasteiger partial charge in [0, 0.05) is 40.6 Å². The minimum absolute atomic E-state index is 0.383. The van der Waals surface area contributed by atoms with E-state index in [0.29, 0.717) is 11.5 Å². The maximum Gasteiger partial charge on any atom is 0.414 e. The van der Waals surface area contributed by atoms with Gasteiger partial charge in [-0.25, -0.2) is 9.59 Å². The Morgan fingerprint density at radius 3 is 1.30 bits per heavy atom. The molecular weight excluding hydrogens is 556 g/mol. The molecule has 10 nitrogen and oxygen atoms in total. The third kappa shape index (κ3) is 12.8. The zero-order valence-electron chi connectivity index (χ0n) is 28.7. The first-order valence-electron chi connectivity index (χ1n) is 16.2. The molecule has 0 spiro atoms. The Balaban J connectivity index is 1.69. The Hall–Kier alpha value is -3.24. The molecule has 2 aromatic rings. The van der Waals surface area contributed by atoms with Crippen molar-refractivity contribution in [2.45, 2.75) is 78.3 Å². The molecule has 0 saturated carbocycles. The molecule has 0 bridgehead atoms. The molecule has 0 aliphatic heterocycles. The van der Waals surface area contributed by atoms with Crippen LogP contribution < -0.4 is 9.47 Å². The van der Waals surface area contributed by atoms with E-state index in [2.05, 4.69) is 37.9 Å². The first kappa shape index (κ1) is 36.9. The lowest BCUT2D eigenvalue weighted by Crippen LogP contribution is -2.44. The second-order valence-electron chi connectivity index (χ2n) is 12.9. The van der Waals surface area contributed by atoms with E-state index in [1.165, 1.54) is 61.2 Å². The predicted octanol–water partition coefficient (Wildman–Crippen LogP) is 6.35. The number of ether oxygens (including phenoxy) is 2. The molecule has 2 rings (SSSR count). The van der Waals surface area contributed by atoms with Crippen molar-refractivity contribution >= 4 is 12.2 Å². The highest BCUT2D eigenvalue weighted by Gasteiger charge is 2.25. The van der Waals surface area contributed by atoms with Gasteiger partial charge < -0.3 is 28.2 Å². The fourth-order valence-corrected chi connectivity index (χ4v) is 5.11. The van der Waals surface area contributed by atoms with Crippen LogP contribution in [0, 0.1) is 0 Å². The Morgan fingerprint density at radius 2 is 0.977 bits per heavy atom. The first-order valence-corrected chi connectivity index (χ1v) is 16.2. The Kier molecular flexibility index (Phi) is 15.6. The van der Waals surface area contributed by atoms with Gasteiger partial charge in [-0.05, 0) is 63.8 Å². The van der Waals surface area contributed by atoms with Crippen LogP contribution in [0.4, 0.5) is 9.59 Å². The molecule has 44 heavy (non-hydrogen) atoms. The Bertz CT molecular complexity index is 1070. The van der Waals surface area contributed by atoms with E-state index >= 15 is 0 Å². The topological polar surface area (TPSA) is 84.9 Å². The fourth-order valence-electron chi connectivity index (χ4n) is 5.11. The normalized spacial score (nSPS) is 13.9. The summed E-state index contributed by atoms with van der Waals surface area (Å²) in [6, 6.07) is 7.27. The van der Waals surface area contributed by atoms with Crippen molar-refractivity contribution < 1.29 is 28.0 Å². The molecule has 2 unspecified atom stereocenters. The third-order valence-electron chi connectivity index (χ3n) is 8.56. The number of hydrogen-bond donors (Lipinski definition) is 0. The van der Waals surface area contributed by atoms with Crippen molar-refractivity contribution in [2.24, 2.45) is 0 Å². The molecule has 0 aromatic carbocycles. The van der Waals surface area contributed by atoms with Crippen molar-refractivity contribution in [1.82, 2.24) is 19.8 Å². The van der Waals surface area contributed by atoms with Crippen LogP contribution in [0.1, 0.15) is 76.6 Å². The summed E-state index contributed by atoms with van der Waals surface area (Å²) >= 11 is 0. The lowest BCUT2D eigenvalue weighted by atomic mass is 10.1. The minimum Gasteiger partial charge on any atom is -0.408 e. The van der Waals surface area contributed by atoms with E-state index in [0.717, 1.165) is 59.6 Å². The number of carbonyl (C=O) groups is 2. The summed E-state index contributed by atoms with van der Waals surface area (Å²) in [4.78, 5) is 36.1. The van der Waals surface area contributed by atoms with E-state index in [1.807, 2.05) is 24.3 Å². The van der Waals surface area contributed by atoms with Gasteiger partial charge in [0.05, 0.1) is 40.3 Å². The number of aromatic nitrogens is 2. The monoisotopic (exact) mass is 614 g/mol. The maximum atomic E-state index is 12.1. The van der Waals surface area contributed by atoms with Crippen molar-refractivity contribution in [2.75, 3.05) is 68.5 Å². The van der Waals surface area contributed by atoms with E-state index in [4.69, 9.17) is 9.47 Å². The van der Waals surface area contributed by atoms with E-state index in [9.17, 15) is 9.59 Å². The van der Waals surface area contributed by atoms with Gasteiger partial charge in [0.2, 0.25) is 0 Å². The van der Waals surface area contributed by atoms with Crippen molar-refractivity contribution in [3.8, 4) is 11.5 Å². The molecule has 0 N–H and O–H groups in total. The summed E-state index contributed by atoms with van der Waals surface area (Å²) < 4.78 is 12.9. The fraction of sp³-hybridized carbons (Fsp3) is 0.647. The highest BCUT2D eigenvalue weighted by molar-refractivity contribution is 5.70. The average molecular weight is 615 g/mol. The molecule has 10 heteroatoms. The maximum absolute atomic E-state index is 12.1. The zero-order valence-corrected chi connectivity index (χ0v) is 28.7. The summed E-state index contributed by atoms with van der Waals surface area (Å²) in [6.07, 6.45) is 12.7. The molecule has 0 radical (unpaired) electrons. The highest BCUT2D eigenvalue weighted by Crippen LogP contribution is 2.23. The van der Waals surface area contributed by atoms with E-state index in [-0.39, 0.29) is 12.2 Å². The summed E-state index contributed by atoms with van der Waals surface area (Å²) in [5.41, 5.74) is 1.66. The van der Waals surface area contributed by atoms with Crippen molar-refractivity contribution in [3.63, 3.8) is 0 Å². The van der Waals surface area contributed by atoms with Crippen LogP contribution in [0.3, 0.4) is 0 Å². The van der Waals surface area contributed by atoms with Gasteiger partial charge in [-0.1, -0.05) is 25.7 Å². The van der Waals surface area contributed by atoms with Crippen molar-refractivity contribution in [3.05, 3.63) is 48.0 Å². The van der Waals surface area contributed by atoms with E-state index in [1.54, 1.807) is 40.6 Å². The number of unbranched alkanes of at least 4 members (excludes halogenated alkanes) is 7. The molecule has 2 aromatic heterocycles. The average Bonchev–Trinajstić information content (AvgIpc) is 3.00. The molecule has 0 aliphatic carbocycles. The second-order valence-corrected chi connectivity index (χ2v) is 12.9. The minimum atomic E-state index is -0.383. The number of nitrogens with zero attached hydrogens (tertiary/aromatic N) is 6. The van der Waals surface area contributed by atoms with Crippen LogP contribution in [-0.2, 0) is 13.1 Å². The molecule has 2 heterocycles. The third-order valence-corrected chi connectivity index (χ3v) is 8.56. The Labute approximate surface area is 266 Å². The van der Waals surface area contributed by atoms with Gasteiger partial charge in [-0.3, -0.25) is 9.97 Å². The van der Waals surface area contributed by atoms with Crippen LogP contribution in [0.2, 0.25) is 0 Å². The smallest absolute Gasteiger partial charge is 0.408 e. The van der Waals surface area contributed by atoms with Gasteiger partial charge in [0.1, 0.15) is 24.5 Å². The summed E-state index contributed by atoms with van der Waals surface area (Å²) in [7, 11) is 11.3. The van der Waals surface area contributed by atoms with Gasteiger partial charge in [0.15, 0.2) is 11.5 Å². The molecule has 0 fully saturated rings. The number of quaternary nitrogens is 2. The van der Waals surface area contributed by atoms with Crippen LogP contribution >= 0.6 is 0 Å². The highest BCUT2D eigenvalue weighted by atomic mass is 16.6. The van der Waals surface area contributed by atoms with Crippen LogP contribution in [-0.4, -0.2) is 109 Å². The number of pyridine rings is 2. The molecule has 2 amide bonds. The number of amides is 2. The molecule has 246 valence electrons. The molecule has 0 saturated heterocycles. The SMILES string of the molecule is CC[N+](C)(CCCCCCCCCC[N+](C)(CC)Cc1ncccc1OC(=O)N(C)C)Cc1ncccc1OC(=O)N(C)C. The number of rotatable bonds is 19. The summed E-state index contributed by atoms with van der Waals surface area (Å²) in [6.45, 7) is 10.1. The van der Waals surface area contributed by atoms with Crippen LogP contribution in [0.15, 0.2) is 36.7 Å². The van der Waals surface area contributed by atoms with Gasteiger partial charge >= 0.3 is 12.2 Å². The molecule has 2 atom stereocenters. The zero-order chi connectivity index (χ0) is 32.6. The standard InChI is InChI=1S/C34H58N6O4/c1-9-39(7,27-29-31(21-19-23-35-29)43-33(41)37(3)4)25-17-15-13-11-12-14-16-18-26-40(8,10-2)28-30-32(22-20-24-36-30)44-34(42)38(5)6/h19-24H,9-18,25-28H2,1-8H3/q+2. The van der Waals surface area contributed by atoms with Gasteiger partial charge in [-0.2, -0.15) is 0 Å². The Morgan fingerprint density at radius 1 is 0.636 bits per heavy atom. The van der Waals surface area contributed by atoms with Crippen LogP contribution in [0.5, 0.6) is 11.5 Å². The first-order chi connectivity index (χ1) is 20.9. The second kappa shape index (κ2) is 18.5. The quantitative estimate of drug-likeness (QED) is 0.135. The predicted molar refractivity (Wildman–Crippen MR) is 175 cm³/mol. The van der Waals surface area contributed by atoms with E-state index < -0.39 is 0 Å². The molecule has 0 aliphatic rings. The van der Waals surface area contributed by atoms with Crippen molar-refractivity contribution in [1.29, 1.82) is 0 Å². The van der Waals surface area contributed by atoms with Gasteiger partial charge in [-0.15, -0.1) is 0 Å². The summed E-state index contributed by atoms with van der Waals surface area (Å²) in [5, 5.41) is 0. The summed E-state index contributed by atoms with van der Waals surface area (Å²) in [5.74, 6) is 1.10. The largest absolute Gasteiger partial charge is 0.414 e. The van der Waals surface area contributed by atoms with Gasteiger partial charge in [0.25, 0.3) is 0 Å². The number of carbonyl (C=O) groups excluding carboxylic acids is 2. The lowest BCUT2D eigenvalue weighted by Gasteiger charge is -2.33.